The lowest BCUT2D eigenvalue weighted by Crippen LogP contribution is -2.55. The van der Waals surface area contributed by atoms with Gasteiger partial charge >= 0.3 is 5.97 Å². The number of carboxylic acid groups (broad SMARTS) is 1. The quantitative estimate of drug-likeness (QED) is 0.430. The smallest absolute Gasteiger partial charge is 0.371 e. The third kappa shape index (κ3) is 6.22. The Kier molecular flexibility index (Phi) is 8.30. The fourth-order valence-corrected chi connectivity index (χ4v) is 2.44. The average Bonchev–Trinajstić information content (AvgIpc) is 2.52. The molecule has 1 heterocycles. The van der Waals surface area contributed by atoms with Gasteiger partial charge in [0.2, 0.25) is 18.0 Å². The van der Waals surface area contributed by atoms with Crippen molar-refractivity contribution in [3.8, 4) is 12.3 Å². The van der Waals surface area contributed by atoms with E-state index in [9.17, 15) is 14.7 Å². The number of aliphatic hydroxyl groups excluding tert-OH is 1. The summed E-state index contributed by atoms with van der Waals surface area (Å²) < 4.78 is 11.2. The lowest BCUT2D eigenvalue weighted by Gasteiger charge is -2.36. The predicted molar refractivity (Wildman–Crippen MR) is 86.7 cm³/mol. The largest absolute Gasteiger partial charge is 0.475 e. The van der Waals surface area contributed by atoms with Crippen LogP contribution in [0.15, 0.2) is 11.8 Å². The van der Waals surface area contributed by atoms with Gasteiger partial charge in [0.05, 0.1) is 6.10 Å². The molecular weight excluding hydrogens is 314 g/mol. The Hall–Kier alpha value is -2.04. The molecule has 1 aliphatic rings. The van der Waals surface area contributed by atoms with E-state index in [1.165, 1.54) is 6.92 Å². The summed E-state index contributed by atoms with van der Waals surface area (Å²) in [5.41, 5.74) is 0. The van der Waals surface area contributed by atoms with E-state index >= 15 is 0 Å². The number of hydrogen-bond donors (Lipinski definition) is 3. The van der Waals surface area contributed by atoms with Gasteiger partial charge in [-0.2, -0.15) is 0 Å². The van der Waals surface area contributed by atoms with Gasteiger partial charge in [0.15, 0.2) is 0 Å². The van der Waals surface area contributed by atoms with Crippen molar-refractivity contribution < 1.29 is 29.3 Å². The number of amides is 1. The zero-order chi connectivity index (χ0) is 18.1. The Labute approximate surface area is 142 Å². The van der Waals surface area contributed by atoms with Crippen molar-refractivity contribution >= 4 is 11.9 Å². The van der Waals surface area contributed by atoms with Gasteiger partial charge in [-0.3, -0.25) is 4.79 Å². The van der Waals surface area contributed by atoms with E-state index in [2.05, 4.69) is 11.2 Å². The van der Waals surface area contributed by atoms with E-state index in [0.717, 1.165) is 25.3 Å². The van der Waals surface area contributed by atoms with Gasteiger partial charge in [-0.25, -0.2) is 4.79 Å². The number of rotatable bonds is 9. The van der Waals surface area contributed by atoms with E-state index in [0.29, 0.717) is 12.8 Å². The second-order valence-electron chi connectivity index (χ2n) is 5.66. The standard InChI is InChI=1S/C17H25NO6/c1-4-6-7-8-9-12(5-2)23-17-15(18-11(3)19)13(20)10-14(24-17)16(21)22/h1,10,12-13,15,17,20H,5-9H2,2-3H3,(H,18,19)(H,21,22)/t12-,13-,15+,17-/m0/s1. The van der Waals surface area contributed by atoms with Crippen molar-refractivity contribution in [2.24, 2.45) is 0 Å². The number of terminal acetylenes is 1. The van der Waals surface area contributed by atoms with Gasteiger partial charge in [-0.05, 0) is 31.8 Å². The Bertz CT molecular complexity index is 510. The summed E-state index contributed by atoms with van der Waals surface area (Å²) in [6.45, 7) is 3.24. The Morgan fingerprint density at radius 1 is 1.50 bits per heavy atom. The Morgan fingerprint density at radius 2 is 2.21 bits per heavy atom. The molecule has 24 heavy (non-hydrogen) atoms. The van der Waals surface area contributed by atoms with Crippen LogP contribution in [0.5, 0.6) is 0 Å². The number of unbranched alkanes of at least 4 members (excludes halogenated alkanes) is 2. The summed E-state index contributed by atoms with van der Waals surface area (Å²) in [6.07, 6.45) is 7.64. The number of carbonyl (C=O) groups is 2. The summed E-state index contributed by atoms with van der Waals surface area (Å²) in [6, 6.07) is -0.870. The SMILES string of the molecule is C#CCCCC[C@H](CC)O[C@H]1OC(C(=O)O)=C[C@H](O)[C@H]1NC(C)=O. The molecule has 7 heteroatoms. The third-order valence-electron chi connectivity index (χ3n) is 3.69. The first-order valence-electron chi connectivity index (χ1n) is 8.04. The molecule has 0 radical (unpaired) electrons. The maximum Gasteiger partial charge on any atom is 0.371 e. The van der Waals surface area contributed by atoms with Crippen molar-refractivity contribution in [2.75, 3.05) is 0 Å². The van der Waals surface area contributed by atoms with E-state index < -0.39 is 30.2 Å². The summed E-state index contributed by atoms with van der Waals surface area (Å²) in [7, 11) is 0. The van der Waals surface area contributed by atoms with Crippen LogP contribution in [-0.2, 0) is 19.1 Å². The molecule has 1 rings (SSSR count). The van der Waals surface area contributed by atoms with Gasteiger partial charge in [0.25, 0.3) is 0 Å². The average molecular weight is 339 g/mol. The lowest BCUT2D eigenvalue weighted by atomic mass is 10.1. The number of hydrogen-bond acceptors (Lipinski definition) is 5. The van der Waals surface area contributed by atoms with Crippen LogP contribution < -0.4 is 5.32 Å². The molecule has 0 aromatic heterocycles. The molecule has 0 saturated heterocycles. The van der Waals surface area contributed by atoms with Crippen LogP contribution in [-0.4, -0.2) is 46.6 Å². The van der Waals surface area contributed by atoms with Crippen molar-refractivity contribution in [2.45, 2.75) is 70.5 Å². The molecule has 4 atom stereocenters. The molecule has 1 amide bonds. The molecule has 0 bridgehead atoms. The highest BCUT2D eigenvalue weighted by molar-refractivity contribution is 5.84. The van der Waals surface area contributed by atoms with Crippen LogP contribution in [0, 0.1) is 12.3 Å². The summed E-state index contributed by atoms with van der Waals surface area (Å²) in [5.74, 6) is 0.513. The highest BCUT2D eigenvalue weighted by Gasteiger charge is 2.38. The van der Waals surface area contributed by atoms with E-state index in [-0.39, 0.29) is 12.0 Å². The second-order valence-corrected chi connectivity index (χ2v) is 5.66. The fraction of sp³-hybridized carbons (Fsp3) is 0.647. The van der Waals surface area contributed by atoms with Crippen LogP contribution in [0.1, 0.15) is 46.0 Å². The summed E-state index contributed by atoms with van der Waals surface area (Å²) in [4.78, 5) is 22.4. The van der Waals surface area contributed by atoms with Crippen molar-refractivity contribution in [1.29, 1.82) is 0 Å². The number of ether oxygens (including phenoxy) is 2. The number of aliphatic carboxylic acids is 1. The van der Waals surface area contributed by atoms with Crippen LogP contribution in [0.4, 0.5) is 0 Å². The third-order valence-corrected chi connectivity index (χ3v) is 3.69. The van der Waals surface area contributed by atoms with Crippen LogP contribution in [0.3, 0.4) is 0 Å². The molecule has 134 valence electrons. The molecule has 3 N–H and O–H groups in total. The zero-order valence-corrected chi connectivity index (χ0v) is 14.0. The molecule has 0 fully saturated rings. The van der Waals surface area contributed by atoms with E-state index in [1.807, 2.05) is 6.92 Å². The van der Waals surface area contributed by atoms with Crippen LogP contribution >= 0.6 is 0 Å². The minimum absolute atomic E-state index is 0.190. The van der Waals surface area contributed by atoms with E-state index in [1.54, 1.807) is 0 Å². The number of carbonyl (C=O) groups excluding carboxylic acids is 1. The maximum absolute atomic E-state index is 11.3. The predicted octanol–water partition coefficient (Wildman–Crippen LogP) is 1.17. The normalized spacial score (nSPS) is 24.2. The van der Waals surface area contributed by atoms with Crippen molar-refractivity contribution in [1.82, 2.24) is 5.32 Å². The van der Waals surface area contributed by atoms with Gasteiger partial charge < -0.3 is 25.0 Å². The molecule has 1 aliphatic heterocycles. The molecule has 0 aromatic carbocycles. The first-order valence-corrected chi connectivity index (χ1v) is 8.04. The zero-order valence-electron chi connectivity index (χ0n) is 14.0. The number of carboxylic acids is 1. The first-order chi connectivity index (χ1) is 11.4. The van der Waals surface area contributed by atoms with Crippen LogP contribution in [0.25, 0.3) is 0 Å². The fourth-order valence-electron chi connectivity index (χ4n) is 2.44. The molecule has 0 aromatic rings. The van der Waals surface area contributed by atoms with E-state index in [4.69, 9.17) is 21.0 Å². The molecule has 0 unspecified atom stereocenters. The second kappa shape index (κ2) is 9.96. The minimum Gasteiger partial charge on any atom is -0.475 e. The number of nitrogens with one attached hydrogen (secondary N) is 1. The highest BCUT2D eigenvalue weighted by atomic mass is 16.7. The van der Waals surface area contributed by atoms with Gasteiger partial charge in [-0.15, -0.1) is 12.3 Å². The molecule has 0 spiro atoms. The monoisotopic (exact) mass is 339 g/mol. The Morgan fingerprint density at radius 3 is 2.75 bits per heavy atom. The van der Waals surface area contributed by atoms with Gasteiger partial charge in [0.1, 0.15) is 12.1 Å². The van der Waals surface area contributed by atoms with Crippen molar-refractivity contribution in [3.05, 3.63) is 11.8 Å². The first kappa shape index (κ1) is 20.0. The van der Waals surface area contributed by atoms with Gasteiger partial charge in [0, 0.05) is 13.3 Å². The Balaban J connectivity index is 2.78. The molecular formula is C17H25NO6. The molecule has 7 nitrogen and oxygen atoms in total. The summed E-state index contributed by atoms with van der Waals surface area (Å²) in [5, 5.41) is 21.7. The highest BCUT2D eigenvalue weighted by Crippen LogP contribution is 2.23. The lowest BCUT2D eigenvalue weighted by molar-refractivity contribution is -0.194. The maximum atomic E-state index is 11.3. The van der Waals surface area contributed by atoms with Crippen molar-refractivity contribution in [3.63, 3.8) is 0 Å². The minimum atomic E-state index is -1.30. The van der Waals surface area contributed by atoms with Crippen LogP contribution in [0.2, 0.25) is 0 Å². The summed E-state index contributed by atoms with van der Waals surface area (Å²) >= 11 is 0. The van der Waals surface area contributed by atoms with Gasteiger partial charge in [-0.1, -0.05) is 6.92 Å². The topological polar surface area (TPSA) is 105 Å². The molecule has 0 aliphatic carbocycles. The molecule has 0 saturated carbocycles. The number of aliphatic hydroxyl groups is 1.